The molecule has 2 aromatic rings. The fraction of sp³-hybridized carbons (Fsp3) is 0.286. The van der Waals surface area contributed by atoms with E-state index in [2.05, 4.69) is 10.4 Å². The number of carbonyl (C=O) groups is 1. The maximum atomic E-state index is 11.9. The molecule has 20 heavy (non-hydrogen) atoms. The molecule has 0 aliphatic heterocycles. The number of nitrogens with zero attached hydrogens (tertiary/aromatic N) is 1. The fourth-order valence-corrected chi connectivity index (χ4v) is 3.30. The Balaban J connectivity index is 2.61. The Kier molecular flexibility index (Phi) is 4.13. The van der Waals surface area contributed by atoms with E-state index in [0.717, 1.165) is 16.3 Å². The number of carbonyl (C=O) groups excluding carboxylic acids is 1. The molecular weight excluding hydrogens is 294 g/mol. The van der Waals surface area contributed by atoms with Gasteiger partial charge in [-0.3, -0.25) is 10.2 Å². The van der Waals surface area contributed by atoms with Crippen molar-refractivity contribution in [2.24, 2.45) is 5.84 Å². The number of nitrogens with one attached hydrogen (secondary N) is 1. The van der Waals surface area contributed by atoms with Crippen molar-refractivity contribution in [3.8, 4) is 10.6 Å². The van der Waals surface area contributed by atoms with Crippen LogP contribution in [0, 0.1) is 0 Å². The minimum absolute atomic E-state index is 0.252. The van der Waals surface area contributed by atoms with Crippen LogP contribution in [0.3, 0.4) is 0 Å². The quantitative estimate of drug-likeness (QED) is 0.508. The van der Waals surface area contributed by atoms with Crippen LogP contribution in [0.2, 0.25) is 5.02 Å². The van der Waals surface area contributed by atoms with Gasteiger partial charge in [-0.1, -0.05) is 50.6 Å². The van der Waals surface area contributed by atoms with Crippen LogP contribution in [-0.2, 0) is 5.41 Å². The van der Waals surface area contributed by atoms with Gasteiger partial charge in [0.15, 0.2) is 0 Å². The lowest BCUT2D eigenvalue weighted by molar-refractivity contribution is 0.0955. The number of amides is 1. The lowest BCUT2D eigenvalue weighted by atomic mass is 9.91. The van der Waals surface area contributed by atoms with E-state index in [1.54, 1.807) is 6.07 Å². The predicted molar refractivity (Wildman–Crippen MR) is 82.9 cm³/mol. The monoisotopic (exact) mass is 309 g/mol. The second-order valence-electron chi connectivity index (χ2n) is 5.40. The van der Waals surface area contributed by atoms with Gasteiger partial charge in [-0.25, -0.2) is 10.8 Å². The molecular formula is C14H16ClN3OS. The number of hydrogen-bond donors (Lipinski definition) is 2. The lowest BCUT2D eigenvalue weighted by Crippen LogP contribution is -2.31. The average Bonchev–Trinajstić information content (AvgIpc) is 2.83. The third-order valence-corrected chi connectivity index (χ3v) is 4.20. The highest BCUT2D eigenvalue weighted by Crippen LogP contribution is 2.36. The molecule has 1 aromatic heterocycles. The third kappa shape index (κ3) is 2.85. The Labute approximate surface area is 126 Å². The minimum Gasteiger partial charge on any atom is -0.289 e. The lowest BCUT2D eigenvalue weighted by Gasteiger charge is -2.16. The summed E-state index contributed by atoms with van der Waals surface area (Å²) >= 11 is 7.49. The molecule has 0 unspecified atom stereocenters. The summed E-state index contributed by atoms with van der Waals surface area (Å²) in [5.74, 6) is 4.92. The molecule has 0 aliphatic rings. The summed E-state index contributed by atoms with van der Waals surface area (Å²) in [6.07, 6.45) is 0. The first-order chi connectivity index (χ1) is 9.34. The largest absolute Gasteiger partial charge is 0.289 e. The number of nitrogen functional groups attached to an aromatic ring is 1. The Morgan fingerprint density at radius 1 is 1.35 bits per heavy atom. The predicted octanol–water partition coefficient (Wildman–Crippen LogP) is 3.36. The number of nitrogens with two attached hydrogens (primary N) is 1. The van der Waals surface area contributed by atoms with Crippen LogP contribution < -0.4 is 11.3 Å². The molecule has 0 fully saturated rings. The van der Waals surface area contributed by atoms with Gasteiger partial charge in [0.25, 0.3) is 5.91 Å². The smallest absolute Gasteiger partial charge is 0.277 e. The maximum absolute atomic E-state index is 11.9. The highest BCUT2D eigenvalue weighted by Gasteiger charge is 2.27. The van der Waals surface area contributed by atoms with Gasteiger partial charge in [0.1, 0.15) is 9.88 Å². The van der Waals surface area contributed by atoms with E-state index in [0.29, 0.717) is 9.90 Å². The molecule has 0 bridgehead atoms. The zero-order chi connectivity index (χ0) is 14.9. The number of benzene rings is 1. The molecule has 1 amide bonds. The van der Waals surface area contributed by atoms with E-state index in [-0.39, 0.29) is 11.3 Å². The molecule has 0 spiro atoms. The molecule has 0 radical (unpaired) electrons. The highest BCUT2D eigenvalue weighted by molar-refractivity contribution is 7.17. The van der Waals surface area contributed by atoms with Crippen molar-refractivity contribution in [2.45, 2.75) is 26.2 Å². The minimum atomic E-state index is -0.328. The van der Waals surface area contributed by atoms with Gasteiger partial charge in [0.05, 0.1) is 10.7 Å². The summed E-state index contributed by atoms with van der Waals surface area (Å²) in [7, 11) is 0. The van der Waals surface area contributed by atoms with E-state index in [1.165, 1.54) is 11.3 Å². The summed E-state index contributed by atoms with van der Waals surface area (Å²) < 4.78 is 0. The molecule has 0 saturated heterocycles. The van der Waals surface area contributed by atoms with Crippen molar-refractivity contribution < 1.29 is 4.79 Å². The van der Waals surface area contributed by atoms with Crippen molar-refractivity contribution >= 4 is 28.8 Å². The standard InChI is InChI=1S/C14H16ClN3OS/c1-14(2,3)11-10(12(19)18-16)20-13(17-11)8-6-4-5-7-9(8)15/h4-7H,16H2,1-3H3,(H,18,19). The SMILES string of the molecule is CC(C)(C)c1nc(-c2ccccc2Cl)sc1C(=O)NN. The molecule has 106 valence electrons. The zero-order valence-electron chi connectivity index (χ0n) is 11.5. The molecule has 0 aliphatic carbocycles. The Morgan fingerprint density at radius 2 is 2.00 bits per heavy atom. The summed E-state index contributed by atoms with van der Waals surface area (Å²) in [6, 6.07) is 7.44. The fourth-order valence-electron chi connectivity index (χ4n) is 1.80. The van der Waals surface area contributed by atoms with E-state index >= 15 is 0 Å². The first-order valence-electron chi connectivity index (χ1n) is 6.11. The van der Waals surface area contributed by atoms with Crippen LogP contribution in [0.1, 0.15) is 36.1 Å². The highest BCUT2D eigenvalue weighted by atomic mass is 35.5. The first kappa shape index (κ1) is 15.0. The summed E-state index contributed by atoms with van der Waals surface area (Å²) in [6.45, 7) is 6.02. The normalized spacial score (nSPS) is 11.4. The van der Waals surface area contributed by atoms with Crippen LogP contribution >= 0.6 is 22.9 Å². The van der Waals surface area contributed by atoms with Crippen LogP contribution in [0.25, 0.3) is 10.6 Å². The Bertz CT molecular complexity index is 646. The number of thiazole rings is 1. The number of rotatable bonds is 2. The van der Waals surface area contributed by atoms with Crippen LogP contribution in [0.4, 0.5) is 0 Å². The van der Waals surface area contributed by atoms with Crippen molar-refractivity contribution in [2.75, 3.05) is 0 Å². The molecule has 6 heteroatoms. The number of hydrazine groups is 1. The maximum Gasteiger partial charge on any atom is 0.277 e. The van der Waals surface area contributed by atoms with Gasteiger partial charge in [-0.2, -0.15) is 0 Å². The average molecular weight is 310 g/mol. The van der Waals surface area contributed by atoms with Crippen molar-refractivity contribution in [1.29, 1.82) is 0 Å². The molecule has 0 saturated carbocycles. The van der Waals surface area contributed by atoms with Gasteiger partial charge >= 0.3 is 0 Å². The van der Waals surface area contributed by atoms with Gasteiger partial charge in [0, 0.05) is 11.0 Å². The summed E-state index contributed by atoms with van der Waals surface area (Å²) in [4.78, 5) is 17.0. The van der Waals surface area contributed by atoms with Crippen LogP contribution in [0.15, 0.2) is 24.3 Å². The molecule has 1 aromatic carbocycles. The van der Waals surface area contributed by atoms with Gasteiger partial charge < -0.3 is 0 Å². The zero-order valence-corrected chi connectivity index (χ0v) is 13.1. The van der Waals surface area contributed by atoms with Gasteiger partial charge in [-0.05, 0) is 6.07 Å². The van der Waals surface area contributed by atoms with E-state index in [9.17, 15) is 4.79 Å². The van der Waals surface area contributed by atoms with Crippen molar-refractivity contribution in [3.63, 3.8) is 0 Å². The second kappa shape index (κ2) is 5.52. The molecule has 1 heterocycles. The third-order valence-electron chi connectivity index (χ3n) is 2.78. The van der Waals surface area contributed by atoms with Gasteiger partial charge in [0.2, 0.25) is 0 Å². The summed E-state index contributed by atoms with van der Waals surface area (Å²) in [5, 5.41) is 1.33. The van der Waals surface area contributed by atoms with E-state index in [4.69, 9.17) is 17.4 Å². The van der Waals surface area contributed by atoms with Crippen molar-refractivity contribution in [3.05, 3.63) is 39.9 Å². The molecule has 2 rings (SSSR count). The van der Waals surface area contributed by atoms with E-state index in [1.807, 2.05) is 39.0 Å². The number of halogens is 1. The number of hydrogen-bond acceptors (Lipinski definition) is 4. The molecule has 4 nitrogen and oxygen atoms in total. The number of aromatic nitrogens is 1. The summed E-state index contributed by atoms with van der Waals surface area (Å²) in [5.41, 5.74) is 3.46. The van der Waals surface area contributed by atoms with Crippen molar-refractivity contribution in [1.82, 2.24) is 10.4 Å². The topological polar surface area (TPSA) is 68.0 Å². The van der Waals surface area contributed by atoms with Crippen LogP contribution in [0.5, 0.6) is 0 Å². The second-order valence-corrected chi connectivity index (χ2v) is 6.81. The van der Waals surface area contributed by atoms with Gasteiger partial charge in [-0.15, -0.1) is 11.3 Å². The first-order valence-corrected chi connectivity index (χ1v) is 7.31. The molecule has 3 N–H and O–H groups in total. The Hall–Kier alpha value is -1.43. The van der Waals surface area contributed by atoms with E-state index < -0.39 is 0 Å². The Morgan fingerprint density at radius 3 is 2.55 bits per heavy atom. The van der Waals surface area contributed by atoms with Crippen LogP contribution in [-0.4, -0.2) is 10.9 Å². The molecule has 0 atom stereocenters.